The number of nitrogens with zero attached hydrogens (tertiary/aromatic N) is 3. The normalized spacial score (nSPS) is 12.1. The van der Waals surface area contributed by atoms with E-state index in [2.05, 4.69) is 32.4 Å². The average molecular weight is 387 g/mol. The molecular formula is C18H19BrN4O. The zero-order valence-electron chi connectivity index (χ0n) is 13.6. The summed E-state index contributed by atoms with van der Waals surface area (Å²) in [6.45, 7) is 4.67. The number of benzene rings is 1. The third kappa shape index (κ3) is 3.43. The lowest BCUT2D eigenvalue weighted by molar-refractivity contribution is 0.0933. The molecule has 3 aromatic rings. The largest absolute Gasteiger partial charge is 0.344 e. The number of rotatable bonds is 5. The Balaban J connectivity index is 1.77. The maximum atomic E-state index is 12.5. The Bertz CT molecular complexity index is 839. The van der Waals surface area contributed by atoms with Gasteiger partial charge in [-0.1, -0.05) is 12.1 Å². The van der Waals surface area contributed by atoms with E-state index in [0.29, 0.717) is 10.2 Å². The Labute approximate surface area is 149 Å². The van der Waals surface area contributed by atoms with Crippen molar-refractivity contribution in [3.05, 3.63) is 70.7 Å². The quantitative estimate of drug-likeness (QED) is 0.721. The lowest BCUT2D eigenvalue weighted by atomic mass is 10.1. The number of carbonyl (C=O) groups excluding carboxylic acids is 1. The molecule has 2 heterocycles. The molecule has 5 nitrogen and oxygen atoms in total. The third-order valence-corrected chi connectivity index (χ3v) is 4.46. The van der Waals surface area contributed by atoms with Gasteiger partial charge in [-0.05, 0) is 59.6 Å². The van der Waals surface area contributed by atoms with Crippen LogP contribution >= 0.6 is 15.9 Å². The number of amides is 1. The first-order valence-corrected chi connectivity index (χ1v) is 8.65. The van der Waals surface area contributed by atoms with Crippen LogP contribution in [0.3, 0.4) is 0 Å². The first-order valence-electron chi connectivity index (χ1n) is 7.85. The summed E-state index contributed by atoms with van der Waals surface area (Å²) in [6, 6.07) is 12.0. The van der Waals surface area contributed by atoms with Crippen LogP contribution in [-0.2, 0) is 6.54 Å². The summed E-state index contributed by atoms with van der Waals surface area (Å²) in [5, 5.41) is 7.30. The van der Waals surface area contributed by atoms with Crippen LogP contribution in [0, 0.1) is 0 Å². The minimum Gasteiger partial charge on any atom is -0.344 e. The second kappa shape index (κ2) is 7.05. The van der Waals surface area contributed by atoms with Gasteiger partial charge in [-0.2, -0.15) is 5.10 Å². The molecule has 1 amide bonds. The molecule has 0 aliphatic rings. The molecule has 0 fully saturated rings. The Morgan fingerprint density at radius 1 is 1.29 bits per heavy atom. The molecule has 1 aromatic carbocycles. The fourth-order valence-corrected chi connectivity index (χ4v) is 3.02. The highest BCUT2D eigenvalue weighted by Crippen LogP contribution is 2.19. The van der Waals surface area contributed by atoms with E-state index < -0.39 is 0 Å². The molecule has 0 spiro atoms. The number of hydrogen-bond acceptors (Lipinski definition) is 2. The summed E-state index contributed by atoms with van der Waals surface area (Å²) in [5.41, 5.74) is 2.51. The van der Waals surface area contributed by atoms with Crippen molar-refractivity contribution in [3.8, 4) is 5.69 Å². The molecule has 1 atom stereocenters. The topological polar surface area (TPSA) is 51.9 Å². The molecular weight excluding hydrogens is 368 g/mol. The summed E-state index contributed by atoms with van der Waals surface area (Å²) < 4.78 is 4.48. The average Bonchev–Trinajstić information content (AvgIpc) is 3.24. The van der Waals surface area contributed by atoms with E-state index in [1.54, 1.807) is 4.68 Å². The first-order chi connectivity index (χ1) is 11.6. The Hall–Kier alpha value is -2.34. The number of nitrogens with one attached hydrogen (secondary N) is 1. The van der Waals surface area contributed by atoms with Gasteiger partial charge < -0.3 is 9.88 Å². The fraction of sp³-hybridized carbons (Fsp3) is 0.222. The predicted octanol–water partition coefficient (Wildman–Crippen LogP) is 3.95. The molecule has 3 rings (SSSR count). The smallest absolute Gasteiger partial charge is 0.273 e. The molecule has 0 saturated carbocycles. The minimum atomic E-state index is -0.187. The first kappa shape index (κ1) is 16.5. The van der Waals surface area contributed by atoms with E-state index in [1.165, 1.54) is 0 Å². The van der Waals surface area contributed by atoms with Gasteiger partial charge in [0.25, 0.3) is 5.91 Å². The maximum absolute atomic E-state index is 12.5. The molecule has 2 aromatic heterocycles. The van der Waals surface area contributed by atoms with Crippen LogP contribution in [0.25, 0.3) is 5.69 Å². The van der Waals surface area contributed by atoms with E-state index in [-0.39, 0.29) is 11.9 Å². The minimum absolute atomic E-state index is 0.119. The van der Waals surface area contributed by atoms with Gasteiger partial charge in [-0.25, -0.2) is 0 Å². The molecule has 0 bridgehead atoms. The van der Waals surface area contributed by atoms with E-state index in [0.717, 1.165) is 17.8 Å². The van der Waals surface area contributed by atoms with Gasteiger partial charge in [0.05, 0.1) is 10.5 Å². The molecule has 0 saturated heterocycles. The van der Waals surface area contributed by atoms with Crippen LogP contribution in [0.15, 0.2) is 59.5 Å². The summed E-state index contributed by atoms with van der Waals surface area (Å²) in [6.07, 6.45) is 5.81. The number of halogens is 1. The van der Waals surface area contributed by atoms with Crippen molar-refractivity contribution < 1.29 is 4.79 Å². The number of carbonyl (C=O) groups is 1. The molecule has 0 aliphatic carbocycles. The van der Waals surface area contributed by atoms with Crippen LogP contribution in [-0.4, -0.2) is 20.3 Å². The molecule has 0 aliphatic heterocycles. The van der Waals surface area contributed by atoms with Gasteiger partial charge in [0.15, 0.2) is 5.69 Å². The Morgan fingerprint density at radius 3 is 2.71 bits per heavy atom. The zero-order valence-corrected chi connectivity index (χ0v) is 15.2. The molecule has 0 radical (unpaired) electrons. The van der Waals surface area contributed by atoms with Gasteiger partial charge >= 0.3 is 0 Å². The van der Waals surface area contributed by atoms with Crippen molar-refractivity contribution in [3.63, 3.8) is 0 Å². The van der Waals surface area contributed by atoms with E-state index >= 15 is 0 Å². The number of hydrogen-bond donors (Lipinski definition) is 1. The van der Waals surface area contributed by atoms with Gasteiger partial charge in [-0.3, -0.25) is 9.48 Å². The van der Waals surface area contributed by atoms with Gasteiger partial charge in [0.2, 0.25) is 0 Å². The third-order valence-electron chi connectivity index (χ3n) is 3.88. The fourth-order valence-electron chi connectivity index (χ4n) is 2.52. The van der Waals surface area contributed by atoms with Crippen LogP contribution in [0.1, 0.15) is 35.9 Å². The summed E-state index contributed by atoms with van der Waals surface area (Å²) in [5.74, 6) is -0.187. The Kier molecular flexibility index (Phi) is 4.85. The van der Waals surface area contributed by atoms with Crippen molar-refractivity contribution in [2.45, 2.75) is 26.4 Å². The second-order valence-corrected chi connectivity index (χ2v) is 6.42. The summed E-state index contributed by atoms with van der Waals surface area (Å²) >= 11 is 3.39. The van der Waals surface area contributed by atoms with Crippen molar-refractivity contribution in [2.75, 3.05) is 0 Å². The number of aryl methyl sites for hydroxylation is 1. The van der Waals surface area contributed by atoms with Gasteiger partial charge in [0.1, 0.15) is 0 Å². The molecule has 24 heavy (non-hydrogen) atoms. The van der Waals surface area contributed by atoms with E-state index in [4.69, 9.17) is 0 Å². The van der Waals surface area contributed by atoms with Crippen LogP contribution in [0.4, 0.5) is 0 Å². The van der Waals surface area contributed by atoms with Crippen LogP contribution in [0.5, 0.6) is 0 Å². The zero-order chi connectivity index (χ0) is 17.1. The number of aromatic nitrogens is 3. The lowest BCUT2D eigenvalue weighted by Gasteiger charge is -2.15. The predicted molar refractivity (Wildman–Crippen MR) is 97.3 cm³/mol. The Morgan fingerprint density at radius 2 is 2.04 bits per heavy atom. The van der Waals surface area contributed by atoms with Crippen LogP contribution < -0.4 is 5.32 Å². The highest BCUT2D eigenvalue weighted by Gasteiger charge is 2.18. The maximum Gasteiger partial charge on any atom is 0.273 e. The second-order valence-electron chi connectivity index (χ2n) is 5.56. The van der Waals surface area contributed by atoms with Gasteiger partial charge in [-0.15, -0.1) is 0 Å². The molecule has 124 valence electrons. The molecule has 6 heteroatoms. The summed E-state index contributed by atoms with van der Waals surface area (Å²) in [7, 11) is 0. The van der Waals surface area contributed by atoms with Crippen molar-refractivity contribution in [1.29, 1.82) is 0 Å². The van der Waals surface area contributed by atoms with E-state index in [1.807, 2.05) is 67.3 Å². The van der Waals surface area contributed by atoms with Crippen molar-refractivity contribution in [1.82, 2.24) is 19.7 Å². The van der Waals surface area contributed by atoms with E-state index in [9.17, 15) is 4.79 Å². The van der Waals surface area contributed by atoms with Crippen LogP contribution in [0.2, 0.25) is 0 Å². The molecule has 1 N–H and O–H groups in total. The highest BCUT2D eigenvalue weighted by molar-refractivity contribution is 9.10. The van der Waals surface area contributed by atoms with Crippen molar-refractivity contribution >= 4 is 21.8 Å². The lowest BCUT2D eigenvalue weighted by Crippen LogP contribution is -2.27. The standard InChI is InChI=1S/C18H19BrN4O/c1-3-23-12-16(19)17(21-23)18(24)20-13(2)14-7-6-8-15(11-14)22-9-4-5-10-22/h4-13H,3H2,1-2H3,(H,20,24). The van der Waals surface area contributed by atoms with Crippen molar-refractivity contribution in [2.24, 2.45) is 0 Å². The van der Waals surface area contributed by atoms with Gasteiger partial charge in [0, 0.05) is 30.8 Å². The summed E-state index contributed by atoms with van der Waals surface area (Å²) in [4.78, 5) is 12.5. The SMILES string of the molecule is CCn1cc(Br)c(C(=O)NC(C)c2cccc(-n3cccc3)c2)n1. The monoisotopic (exact) mass is 386 g/mol. The molecule has 1 unspecified atom stereocenters. The highest BCUT2D eigenvalue weighted by atomic mass is 79.9.